The molecule has 3 rings (SSSR count). The summed E-state index contributed by atoms with van der Waals surface area (Å²) in [6, 6.07) is 9.65. The molecule has 120 valence electrons. The lowest BCUT2D eigenvalue weighted by molar-refractivity contribution is 0.0522. The molecule has 1 aliphatic heterocycles. The lowest BCUT2D eigenvalue weighted by Gasteiger charge is -2.35. The number of β-amino-alcohol motifs (C(OH)–C–C–N with tert-alkyl or cyclic N) is 1. The van der Waals surface area contributed by atoms with Crippen LogP contribution in [0.25, 0.3) is 0 Å². The number of aromatic nitrogens is 2. The van der Waals surface area contributed by atoms with Crippen molar-refractivity contribution in [3.05, 3.63) is 60.2 Å². The Bertz CT molecular complexity index is 628. The van der Waals surface area contributed by atoms with Crippen molar-refractivity contribution in [2.24, 2.45) is 0 Å². The Morgan fingerprint density at radius 1 is 1.13 bits per heavy atom. The Morgan fingerprint density at radius 2 is 1.87 bits per heavy atom. The Morgan fingerprint density at radius 3 is 2.52 bits per heavy atom. The second-order valence-electron chi connectivity index (χ2n) is 5.61. The Kier molecular flexibility index (Phi) is 4.95. The number of hydrogen-bond donors (Lipinski definition) is 1. The molecule has 1 amide bonds. The molecule has 1 atom stereocenters. The highest BCUT2D eigenvalue weighted by Crippen LogP contribution is 2.15. The van der Waals surface area contributed by atoms with Crippen LogP contribution >= 0.6 is 0 Å². The van der Waals surface area contributed by atoms with E-state index in [9.17, 15) is 9.90 Å². The summed E-state index contributed by atoms with van der Waals surface area (Å²) in [7, 11) is 0. The molecular weight excluding hydrogens is 292 g/mol. The molecule has 1 unspecified atom stereocenters. The summed E-state index contributed by atoms with van der Waals surface area (Å²) >= 11 is 0. The van der Waals surface area contributed by atoms with Gasteiger partial charge in [0.05, 0.1) is 12.3 Å². The fraction of sp³-hybridized carbons (Fsp3) is 0.353. The van der Waals surface area contributed by atoms with E-state index in [1.807, 2.05) is 30.3 Å². The van der Waals surface area contributed by atoms with Gasteiger partial charge in [0, 0.05) is 45.1 Å². The monoisotopic (exact) mass is 312 g/mol. The van der Waals surface area contributed by atoms with Crippen LogP contribution < -0.4 is 0 Å². The summed E-state index contributed by atoms with van der Waals surface area (Å²) in [4.78, 5) is 24.3. The van der Waals surface area contributed by atoms with E-state index in [0.29, 0.717) is 25.3 Å². The second kappa shape index (κ2) is 7.30. The highest BCUT2D eigenvalue weighted by molar-refractivity contribution is 5.92. The van der Waals surface area contributed by atoms with E-state index in [1.54, 1.807) is 11.1 Å². The van der Waals surface area contributed by atoms with E-state index >= 15 is 0 Å². The molecule has 2 aromatic rings. The molecule has 1 fully saturated rings. The molecule has 1 aromatic carbocycles. The lowest BCUT2D eigenvalue weighted by atomic mass is 10.1. The minimum absolute atomic E-state index is 0.0821. The van der Waals surface area contributed by atoms with Crippen LogP contribution in [0.4, 0.5) is 0 Å². The Hall–Kier alpha value is -2.31. The third kappa shape index (κ3) is 3.91. The van der Waals surface area contributed by atoms with Gasteiger partial charge in [-0.25, -0.2) is 4.98 Å². The first kappa shape index (κ1) is 15.6. The zero-order valence-corrected chi connectivity index (χ0v) is 12.9. The van der Waals surface area contributed by atoms with Gasteiger partial charge in [-0.05, 0) is 5.56 Å². The summed E-state index contributed by atoms with van der Waals surface area (Å²) in [5, 5.41) is 10.3. The minimum Gasteiger partial charge on any atom is -0.387 e. The molecule has 1 N–H and O–H groups in total. The number of rotatable bonds is 4. The first-order valence-electron chi connectivity index (χ1n) is 7.74. The number of aliphatic hydroxyl groups is 1. The van der Waals surface area contributed by atoms with Crippen molar-refractivity contribution in [3.8, 4) is 0 Å². The maximum atomic E-state index is 12.3. The molecule has 0 bridgehead atoms. The second-order valence-corrected chi connectivity index (χ2v) is 5.61. The van der Waals surface area contributed by atoms with Gasteiger partial charge in [-0.2, -0.15) is 0 Å². The van der Waals surface area contributed by atoms with Gasteiger partial charge in [0.1, 0.15) is 5.69 Å². The molecule has 6 nitrogen and oxygen atoms in total. The van der Waals surface area contributed by atoms with Crippen molar-refractivity contribution in [2.45, 2.75) is 6.10 Å². The minimum atomic E-state index is -0.501. The quantitative estimate of drug-likeness (QED) is 0.911. The highest BCUT2D eigenvalue weighted by atomic mass is 16.3. The van der Waals surface area contributed by atoms with E-state index in [1.165, 1.54) is 12.4 Å². The summed E-state index contributed by atoms with van der Waals surface area (Å²) in [5.74, 6) is -0.0821. The predicted octanol–water partition coefficient (Wildman–Crippen LogP) is 0.968. The average molecular weight is 312 g/mol. The van der Waals surface area contributed by atoms with Crippen LogP contribution in [0.3, 0.4) is 0 Å². The van der Waals surface area contributed by atoms with Gasteiger partial charge in [0.2, 0.25) is 0 Å². The molecule has 0 saturated carbocycles. The van der Waals surface area contributed by atoms with E-state index in [-0.39, 0.29) is 5.91 Å². The first-order chi connectivity index (χ1) is 11.2. The van der Waals surface area contributed by atoms with Crippen LogP contribution in [-0.2, 0) is 0 Å². The SMILES string of the molecule is O=C(c1cnccn1)N1CCN(CC(O)c2ccccc2)CC1. The van der Waals surface area contributed by atoms with E-state index in [4.69, 9.17) is 0 Å². The smallest absolute Gasteiger partial charge is 0.274 e. The zero-order chi connectivity index (χ0) is 16.1. The van der Waals surface area contributed by atoms with Crippen molar-refractivity contribution in [2.75, 3.05) is 32.7 Å². The fourth-order valence-corrected chi connectivity index (χ4v) is 2.73. The number of amides is 1. The normalized spacial score (nSPS) is 17.0. The zero-order valence-electron chi connectivity index (χ0n) is 12.9. The lowest BCUT2D eigenvalue weighted by Crippen LogP contribution is -2.49. The molecule has 1 aromatic heterocycles. The number of benzene rings is 1. The number of aliphatic hydroxyl groups excluding tert-OH is 1. The Balaban J connectivity index is 1.52. The molecular formula is C17H20N4O2. The number of hydrogen-bond acceptors (Lipinski definition) is 5. The van der Waals surface area contributed by atoms with Gasteiger partial charge < -0.3 is 10.0 Å². The summed E-state index contributed by atoms with van der Waals surface area (Å²) in [6.45, 7) is 3.34. The fourth-order valence-electron chi connectivity index (χ4n) is 2.73. The third-order valence-electron chi connectivity index (χ3n) is 4.06. The van der Waals surface area contributed by atoms with Crippen LogP contribution in [-0.4, -0.2) is 63.5 Å². The molecule has 23 heavy (non-hydrogen) atoms. The van der Waals surface area contributed by atoms with Crippen molar-refractivity contribution in [3.63, 3.8) is 0 Å². The van der Waals surface area contributed by atoms with Crippen molar-refractivity contribution < 1.29 is 9.90 Å². The van der Waals surface area contributed by atoms with E-state index < -0.39 is 6.10 Å². The van der Waals surface area contributed by atoms with E-state index in [0.717, 1.165) is 18.7 Å². The maximum Gasteiger partial charge on any atom is 0.274 e. The molecule has 0 aliphatic carbocycles. The van der Waals surface area contributed by atoms with Crippen LogP contribution in [0.5, 0.6) is 0 Å². The standard InChI is InChI=1S/C17H20N4O2/c22-16(14-4-2-1-3-5-14)13-20-8-10-21(11-9-20)17(23)15-12-18-6-7-19-15/h1-7,12,16,22H,8-11,13H2. The molecule has 6 heteroatoms. The number of nitrogens with zero attached hydrogens (tertiary/aromatic N) is 4. The maximum absolute atomic E-state index is 12.3. The number of carbonyl (C=O) groups is 1. The van der Waals surface area contributed by atoms with Crippen LogP contribution in [0, 0.1) is 0 Å². The van der Waals surface area contributed by atoms with Crippen LogP contribution in [0.15, 0.2) is 48.9 Å². The van der Waals surface area contributed by atoms with Gasteiger partial charge in [-0.3, -0.25) is 14.7 Å². The largest absolute Gasteiger partial charge is 0.387 e. The molecule has 0 spiro atoms. The average Bonchev–Trinajstić information content (AvgIpc) is 2.63. The van der Waals surface area contributed by atoms with Gasteiger partial charge in [0.15, 0.2) is 0 Å². The van der Waals surface area contributed by atoms with Crippen LogP contribution in [0.2, 0.25) is 0 Å². The number of piperazine rings is 1. The molecule has 2 heterocycles. The first-order valence-corrected chi connectivity index (χ1v) is 7.74. The summed E-state index contributed by atoms with van der Waals surface area (Å²) < 4.78 is 0. The predicted molar refractivity (Wildman–Crippen MR) is 85.8 cm³/mol. The number of carbonyl (C=O) groups excluding carboxylic acids is 1. The summed E-state index contributed by atoms with van der Waals surface area (Å²) in [6.07, 6.45) is 4.08. The van der Waals surface area contributed by atoms with E-state index in [2.05, 4.69) is 14.9 Å². The highest BCUT2D eigenvalue weighted by Gasteiger charge is 2.24. The molecule has 1 saturated heterocycles. The topological polar surface area (TPSA) is 69.6 Å². The van der Waals surface area contributed by atoms with Crippen molar-refractivity contribution in [1.82, 2.24) is 19.8 Å². The molecule has 0 radical (unpaired) electrons. The Labute approximate surface area is 135 Å². The van der Waals surface area contributed by atoms with Crippen LogP contribution in [0.1, 0.15) is 22.2 Å². The van der Waals surface area contributed by atoms with Gasteiger partial charge >= 0.3 is 0 Å². The van der Waals surface area contributed by atoms with Gasteiger partial charge in [0.25, 0.3) is 5.91 Å². The van der Waals surface area contributed by atoms with Gasteiger partial charge in [-0.15, -0.1) is 0 Å². The van der Waals surface area contributed by atoms with Crippen molar-refractivity contribution >= 4 is 5.91 Å². The molecule has 1 aliphatic rings. The van der Waals surface area contributed by atoms with Crippen molar-refractivity contribution in [1.29, 1.82) is 0 Å². The third-order valence-corrected chi connectivity index (χ3v) is 4.06. The summed E-state index contributed by atoms with van der Waals surface area (Å²) in [5.41, 5.74) is 1.30. The van der Waals surface area contributed by atoms with Gasteiger partial charge in [-0.1, -0.05) is 30.3 Å².